The second kappa shape index (κ2) is 8.12. The number of halogens is 1. The van der Waals surface area contributed by atoms with Gasteiger partial charge in [-0.15, -0.1) is 11.3 Å². The lowest BCUT2D eigenvalue weighted by atomic mass is 10.2. The van der Waals surface area contributed by atoms with E-state index in [4.69, 9.17) is 11.6 Å². The predicted molar refractivity (Wildman–Crippen MR) is 105 cm³/mol. The molecule has 0 radical (unpaired) electrons. The molecule has 26 heavy (non-hydrogen) atoms. The molecule has 1 amide bonds. The average molecular weight is 386 g/mol. The van der Waals surface area contributed by atoms with Gasteiger partial charge in [-0.05, 0) is 47.7 Å². The molecule has 0 saturated carbocycles. The van der Waals surface area contributed by atoms with Crippen LogP contribution in [-0.4, -0.2) is 16.7 Å². The highest BCUT2D eigenvalue weighted by molar-refractivity contribution is 7.11. The molecule has 3 rings (SSSR count). The van der Waals surface area contributed by atoms with Crippen LogP contribution in [0.3, 0.4) is 0 Å². The minimum Gasteiger partial charge on any atom is -0.310 e. The number of thiophene rings is 1. The van der Waals surface area contributed by atoms with E-state index in [1.165, 1.54) is 22.0 Å². The Labute approximate surface area is 159 Å². The highest BCUT2D eigenvalue weighted by Crippen LogP contribution is 2.15. The van der Waals surface area contributed by atoms with Gasteiger partial charge in [0.2, 0.25) is 0 Å². The van der Waals surface area contributed by atoms with E-state index in [0.29, 0.717) is 5.02 Å². The van der Waals surface area contributed by atoms with Crippen LogP contribution in [0.4, 0.5) is 0 Å². The molecule has 2 aromatic heterocycles. The van der Waals surface area contributed by atoms with Gasteiger partial charge in [0.15, 0.2) is 0 Å². The Bertz CT molecular complexity index is 1020. The molecule has 0 fully saturated rings. The first-order valence-electron chi connectivity index (χ1n) is 7.86. The Morgan fingerprint density at radius 1 is 1.27 bits per heavy atom. The summed E-state index contributed by atoms with van der Waals surface area (Å²) in [6, 6.07) is 12.4. The molecule has 0 aliphatic rings. The summed E-state index contributed by atoms with van der Waals surface area (Å²) in [4.78, 5) is 25.8. The van der Waals surface area contributed by atoms with Crippen LogP contribution in [0, 0.1) is 6.92 Å². The van der Waals surface area contributed by atoms with Gasteiger partial charge >= 0.3 is 0 Å². The summed E-state index contributed by atoms with van der Waals surface area (Å²) in [7, 11) is 0. The first-order chi connectivity index (χ1) is 12.6. The number of hydrogen-bond acceptors (Lipinski definition) is 4. The molecule has 5 nitrogen and oxygen atoms in total. The molecule has 0 bridgehead atoms. The van der Waals surface area contributed by atoms with Crippen molar-refractivity contribution in [3.05, 3.63) is 91.0 Å². The number of benzene rings is 1. The SMILES string of the molecule is Cc1ccsc1/C=N\NC(=O)c1cccn(Cc2ccccc2Cl)c1=O. The van der Waals surface area contributed by atoms with Crippen LogP contribution in [-0.2, 0) is 6.54 Å². The lowest BCUT2D eigenvalue weighted by Crippen LogP contribution is -2.30. The topological polar surface area (TPSA) is 63.5 Å². The lowest BCUT2D eigenvalue weighted by Gasteiger charge is -2.09. The maximum atomic E-state index is 12.6. The molecule has 1 N–H and O–H groups in total. The molecule has 0 atom stereocenters. The zero-order valence-corrected chi connectivity index (χ0v) is 15.6. The Hall–Kier alpha value is -2.70. The normalized spacial score (nSPS) is 11.0. The molecule has 0 spiro atoms. The van der Waals surface area contributed by atoms with E-state index in [0.717, 1.165) is 16.0 Å². The van der Waals surface area contributed by atoms with Crippen molar-refractivity contribution in [2.45, 2.75) is 13.5 Å². The molecule has 7 heteroatoms. The number of nitrogens with zero attached hydrogens (tertiary/aromatic N) is 2. The largest absolute Gasteiger partial charge is 0.310 e. The van der Waals surface area contributed by atoms with E-state index in [9.17, 15) is 9.59 Å². The van der Waals surface area contributed by atoms with Crippen molar-refractivity contribution in [1.82, 2.24) is 9.99 Å². The van der Waals surface area contributed by atoms with Gasteiger partial charge in [0.05, 0.1) is 12.8 Å². The minimum absolute atomic E-state index is 0.0274. The standard InChI is InChI=1S/C19H16ClN3O2S/c1-13-8-10-26-17(13)11-21-22-18(24)15-6-4-9-23(19(15)25)12-14-5-2-3-7-16(14)20/h2-11H,12H2,1H3,(H,22,24)/b21-11-. The van der Waals surface area contributed by atoms with Gasteiger partial charge in [0.1, 0.15) is 5.56 Å². The molecule has 132 valence electrons. The minimum atomic E-state index is -0.547. The van der Waals surface area contributed by atoms with Crippen LogP contribution >= 0.6 is 22.9 Å². The number of carbonyl (C=O) groups excluding carboxylic acids is 1. The summed E-state index contributed by atoms with van der Waals surface area (Å²) < 4.78 is 1.45. The van der Waals surface area contributed by atoms with E-state index in [2.05, 4.69) is 10.5 Å². The van der Waals surface area contributed by atoms with E-state index >= 15 is 0 Å². The van der Waals surface area contributed by atoms with Crippen molar-refractivity contribution in [1.29, 1.82) is 0 Å². The number of pyridine rings is 1. The number of hydrazone groups is 1. The fraction of sp³-hybridized carbons (Fsp3) is 0.105. The average Bonchev–Trinajstić information content (AvgIpc) is 3.03. The van der Waals surface area contributed by atoms with Crippen molar-refractivity contribution in [2.24, 2.45) is 5.10 Å². The molecule has 1 aromatic carbocycles. The zero-order valence-electron chi connectivity index (χ0n) is 14.0. The van der Waals surface area contributed by atoms with Gasteiger partial charge in [-0.1, -0.05) is 29.8 Å². The maximum Gasteiger partial charge on any atom is 0.276 e. The summed E-state index contributed by atoms with van der Waals surface area (Å²) >= 11 is 7.67. The number of aryl methyl sites for hydroxylation is 1. The molecule has 0 saturated heterocycles. The van der Waals surface area contributed by atoms with E-state index in [1.54, 1.807) is 24.5 Å². The molecule has 3 aromatic rings. The van der Waals surface area contributed by atoms with Crippen LogP contribution in [0.2, 0.25) is 5.02 Å². The number of amides is 1. The Morgan fingerprint density at radius 2 is 2.08 bits per heavy atom. The number of aromatic nitrogens is 1. The lowest BCUT2D eigenvalue weighted by molar-refractivity contribution is 0.0953. The van der Waals surface area contributed by atoms with Gasteiger partial charge in [0.25, 0.3) is 11.5 Å². The van der Waals surface area contributed by atoms with Crippen molar-refractivity contribution in [3.63, 3.8) is 0 Å². The number of carbonyl (C=O) groups is 1. The van der Waals surface area contributed by atoms with Crippen molar-refractivity contribution in [3.8, 4) is 0 Å². The zero-order chi connectivity index (χ0) is 18.5. The van der Waals surface area contributed by atoms with E-state index in [1.807, 2.05) is 36.6 Å². The second-order valence-corrected chi connectivity index (χ2v) is 6.97. The quantitative estimate of drug-likeness (QED) is 0.537. The van der Waals surface area contributed by atoms with Gasteiger partial charge in [-0.2, -0.15) is 5.10 Å². The van der Waals surface area contributed by atoms with Crippen molar-refractivity contribution >= 4 is 35.1 Å². The van der Waals surface area contributed by atoms with Gasteiger partial charge < -0.3 is 4.57 Å². The third-order valence-corrected chi connectivity index (χ3v) is 5.14. The first-order valence-corrected chi connectivity index (χ1v) is 9.12. The summed E-state index contributed by atoms with van der Waals surface area (Å²) in [5, 5.41) is 6.46. The molecule has 0 aliphatic carbocycles. The van der Waals surface area contributed by atoms with Gasteiger partial charge in [-0.3, -0.25) is 9.59 Å². The maximum absolute atomic E-state index is 12.6. The van der Waals surface area contributed by atoms with Crippen LogP contribution in [0.1, 0.15) is 26.4 Å². The smallest absolute Gasteiger partial charge is 0.276 e. The molecular formula is C19H16ClN3O2S. The summed E-state index contributed by atoms with van der Waals surface area (Å²) in [6.45, 7) is 2.25. The first kappa shape index (κ1) is 18.1. The summed E-state index contributed by atoms with van der Waals surface area (Å²) in [5.41, 5.74) is 3.92. The van der Waals surface area contributed by atoms with E-state index < -0.39 is 11.5 Å². The van der Waals surface area contributed by atoms with Crippen LogP contribution < -0.4 is 11.0 Å². The molecule has 0 aliphatic heterocycles. The van der Waals surface area contributed by atoms with Crippen LogP contribution in [0.15, 0.2) is 63.9 Å². The Kier molecular flexibility index (Phi) is 5.65. The third-order valence-electron chi connectivity index (χ3n) is 3.81. The van der Waals surface area contributed by atoms with Crippen molar-refractivity contribution in [2.75, 3.05) is 0 Å². The van der Waals surface area contributed by atoms with Crippen molar-refractivity contribution < 1.29 is 4.79 Å². The van der Waals surface area contributed by atoms with Gasteiger partial charge in [0, 0.05) is 16.1 Å². The number of rotatable bonds is 5. The fourth-order valence-electron chi connectivity index (χ4n) is 2.37. The highest BCUT2D eigenvalue weighted by atomic mass is 35.5. The Morgan fingerprint density at radius 3 is 2.81 bits per heavy atom. The molecular weight excluding hydrogens is 370 g/mol. The second-order valence-electron chi connectivity index (χ2n) is 5.61. The third kappa shape index (κ3) is 4.09. The van der Waals surface area contributed by atoms with Gasteiger partial charge in [-0.25, -0.2) is 5.43 Å². The van der Waals surface area contributed by atoms with E-state index in [-0.39, 0.29) is 12.1 Å². The van der Waals surface area contributed by atoms with Crippen LogP contribution in [0.25, 0.3) is 0 Å². The monoisotopic (exact) mass is 385 g/mol. The number of hydrogen-bond donors (Lipinski definition) is 1. The predicted octanol–water partition coefficient (Wildman–Crippen LogP) is 3.68. The summed E-state index contributed by atoms with van der Waals surface area (Å²) in [5.74, 6) is -0.547. The Balaban J connectivity index is 1.77. The fourth-order valence-corrected chi connectivity index (χ4v) is 3.35. The summed E-state index contributed by atoms with van der Waals surface area (Å²) in [6.07, 6.45) is 3.20. The molecule has 0 unspecified atom stereocenters. The van der Waals surface area contributed by atoms with Crippen LogP contribution in [0.5, 0.6) is 0 Å². The highest BCUT2D eigenvalue weighted by Gasteiger charge is 2.12. The molecule has 2 heterocycles. The number of nitrogens with one attached hydrogen (secondary N) is 1.